The Balaban J connectivity index is 1.28. The van der Waals surface area contributed by atoms with Crippen molar-refractivity contribution in [2.45, 2.75) is 12.3 Å². The van der Waals surface area contributed by atoms with E-state index in [0.717, 1.165) is 6.07 Å². The Labute approximate surface area is 174 Å². The molecule has 0 radical (unpaired) electrons. The molecule has 2 N–H and O–H groups in total. The number of halogens is 1. The van der Waals surface area contributed by atoms with Crippen LogP contribution in [0.25, 0.3) is 17.2 Å². The summed E-state index contributed by atoms with van der Waals surface area (Å²) >= 11 is 0. The zero-order valence-electron chi connectivity index (χ0n) is 16.3. The molecule has 152 valence electrons. The highest BCUT2D eigenvalue weighted by molar-refractivity contribution is 5.79. The second kappa shape index (κ2) is 8.82. The molecule has 0 unspecified atom stereocenters. The molecule has 3 aromatic carbocycles. The number of aromatic hydroxyl groups is 1. The van der Waals surface area contributed by atoms with Gasteiger partial charge in [0, 0.05) is 18.5 Å². The summed E-state index contributed by atoms with van der Waals surface area (Å²) < 4.78 is 18.7. The van der Waals surface area contributed by atoms with Crippen LogP contribution in [-0.4, -0.2) is 24.4 Å². The van der Waals surface area contributed by atoms with Gasteiger partial charge in [0.25, 0.3) is 0 Å². The Morgan fingerprint density at radius 1 is 1.03 bits per heavy atom. The number of phenolic OH excluding ortho intramolecular Hbond substituents is 1. The maximum Gasteiger partial charge on any atom is 0.407 e. The van der Waals surface area contributed by atoms with Crippen molar-refractivity contribution < 1.29 is 19.0 Å². The van der Waals surface area contributed by atoms with Crippen molar-refractivity contribution in [3.8, 4) is 16.9 Å². The third-order valence-electron chi connectivity index (χ3n) is 5.14. The second-order valence-corrected chi connectivity index (χ2v) is 7.19. The molecule has 0 aliphatic heterocycles. The number of alkyl carbamates (subject to hydrolysis) is 1. The van der Waals surface area contributed by atoms with E-state index in [1.807, 2.05) is 24.3 Å². The van der Waals surface area contributed by atoms with Gasteiger partial charge in [-0.2, -0.15) is 0 Å². The Hall–Kier alpha value is -3.60. The lowest BCUT2D eigenvalue weighted by Crippen LogP contribution is -2.26. The maximum atomic E-state index is 13.2. The summed E-state index contributed by atoms with van der Waals surface area (Å²) in [4.78, 5) is 12.1. The number of hydrogen-bond acceptors (Lipinski definition) is 3. The third-order valence-corrected chi connectivity index (χ3v) is 5.14. The van der Waals surface area contributed by atoms with E-state index in [4.69, 9.17) is 4.74 Å². The van der Waals surface area contributed by atoms with E-state index in [1.165, 1.54) is 34.4 Å². The van der Waals surface area contributed by atoms with Crippen molar-refractivity contribution in [2.75, 3.05) is 13.2 Å². The molecule has 0 heterocycles. The molecule has 4 rings (SSSR count). The second-order valence-electron chi connectivity index (χ2n) is 7.19. The molecule has 0 spiro atoms. The molecule has 1 aliphatic carbocycles. The molecular formula is C25H22FNO3. The topological polar surface area (TPSA) is 58.6 Å². The average molecular weight is 403 g/mol. The number of carbonyl (C=O) groups excluding carboxylic acids is 1. The molecule has 1 aliphatic rings. The zero-order valence-corrected chi connectivity index (χ0v) is 16.3. The molecular weight excluding hydrogens is 381 g/mol. The number of amides is 1. The van der Waals surface area contributed by atoms with E-state index in [2.05, 4.69) is 29.6 Å². The molecule has 0 fully saturated rings. The number of hydrogen-bond donors (Lipinski definition) is 2. The van der Waals surface area contributed by atoms with E-state index in [1.54, 1.807) is 12.2 Å². The normalized spacial score (nSPS) is 12.6. The van der Waals surface area contributed by atoms with Crippen LogP contribution in [0.3, 0.4) is 0 Å². The van der Waals surface area contributed by atoms with Gasteiger partial charge >= 0.3 is 6.09 Å². The van der Waals surface area contributed by atoms with Gasteiger partial charge in [-0.25, -0.2) is 9.18 Å². The summed E-state index contributed by atoms with van der Waals surface area (Å²) in [7, 11) is 0. The van der Waals surface area contributed by atoms with Crippen molar-refractivity contribution in [1.82, 2.24) is 5.32 Å². The minimum absolute atomic E-state index is 0.0312. The van der Waals surface area contributed by atoms with Gasteiger partial charge in [-0.05, 0) is 46.4 Å². The lowest BCUT2D eigenvalue weighted by atomic mass is 9.98. The summed E-state index contributed by atoms with van der Waals surface area (Å²) in [5.41, 5.74) is 5.29. The fourth-order valence-electron chi connectivity index (χ4n) is 3.82. The third kappa shape index (κ3) is 4.35. The summed E-state index contributed by atoms with van der Waals surface area (Å²) in [6.07, 6.45) is 3.59. The lowest BCUT2D eigenvalue weighted by Gasteiger charge is -2.14. The van der Waals surface area contributed by atoms with E-state index in [-0.39, 0.29) is 18.3 Å². The minimum atomic E-state index is -0.494. The van der Waals surface area contributed by atoms with Crippen molar-refractivity contribution in [3.63, 3.8) is 0 Å². The van der Waals surface area contributed by atoms with Crippen molar-refractivity contribution >= 4 is 12.2 Å². The van der Waals surface area contributed by atoms with Crippen LogP contribution in [0.1, 0.15) is 29.0 Å². The molecule has 4 nitrogen and oxygen atoms in total. The average Bonchev–Trinajstić information content (AvgIpc) is 3.05. The first-order chi connectivity index (χ1) is 14.6. The first-order valence-corrected chi connectivity index (χ1v) is 9.87. The minimum Gasteiger partial charge on any atom is -0.508 e. The van der Waals surface area contributed by atoms with Gasteiger partial charge in [-0.1, -0.05) is 60.7 Å². The molecule has 0 aromatic heterocycles. The van der Waals surface area contributed by atoms with Crippen molar-refractivity contribution in [3.05, 3.63) is 95.3 Å². The van der Waals surface area contributed by atoms with E-state index in [9.17, 15) is 14.3 Å². The molecule has 0 saturated carbocycles. The standard InChI is InChI=1S/C25H22FNO3/c26-18-13-17(14-19(28)15-18)7-5-6-12-27-25(29)30-16-24-22-10-3-1-8-20(22)21-9-2-4-11-23(21)24/h1-5,7-11,13-15,24,28H,6,12,16H2,(H,27,29). The Morgan fingerprint density at radius 3 is 2.37 bits per heavy atom. The van der Waals surface area contributed by atoms with Crippen LogP contribution in [0.15, 0.2) is 72.8 Å². The van der Waals surface area contributed by atoms with Crippen LogP contribution in [0.2, 0.25) is 0 Å². The molecule has 0 bridgehead atoms. The number of fused-ring (bicyclic) bond motifs is 3. The molecule has 1 amide bonds. The smallest absolute Gasteiger partial charge is 0.407 e. The number of benzene rings is 3. The van der Waals surface area contributed by atoms with Gasteiger partial charge in [-0.3, -0.25) is 0 Å². The maximum absolute atomic E-state index is 13.2. The van der Waals surface area contributed by atoms with Crippen LogP contribution >= 0.6 is 0 Å². The van der Waals surface area contributed by atoms with Crippen LogP contribution in [0.5, 0.6) is 5.75 Å². The number of phenols is 1. The number of ether oxygens (including phenoxy) is 1. The highest BCUT2D eigenvalue weighted by Crippen LogP contribution is 2.44. The molecule has 3 aromatic rings. The molecule has 0 saturated heterocycles. The van der Waals surface area contributed by atoms with E-state index in [0.29, 0.717) is 18.5 Å². The number of rotatable bonds is 6. The number of nitrogens with one attached hydrogen (secondary N) is 1. The Morgan fingerprint density at radius 2 is 1.70 bits per heavy atom. The molecule has 5 heteroatoms. The summed E-state index contributed by atoms with van der Waals surface area (Å²) in [5, 5.41) is 12.1. The van der Waals surface area contributed by atoms with Crippen LogP contribution in [0.4, 0.5) is 9.18 Å². The highest BCUT2D eigenvalue weighted by Gasteiger charge is 2.28. The van der Waals surface area contributed by atoms with Gasteiger partial charge in [0.2, 0.25) is 0 Å². The molecule has 30 heavy (non-hydrogen) atoms. The van der Waals surface area contributed by atoms with Gasteiger partial charge in [0.15, 0.2) is 0 Å². The van der Waals surface area contributed by atoms with Gasteiger partial charge in [-0.15, -0.1) is 0 Å². The highest BCUT2D eigenvalue weighted by atomic mass is 19.1. The fraction of sp³-hybridized carbons (Fsp3) is 0.160. The van der Waals surface area contributed by atoms with Crippen LogP contribution < -0.4 is 5.32 Å². The van der Waals surface area contributed by atoms with E-state index >= 15 is 0 Å². The van der Waals surface area contributed by atoms with Gasteiger partial charge < -0.3 is 15.2 Å². The number of carbonyl (C=O) groups is 1. The zero-order chi connectivity index (χ0) is 20.9. The molecule has 0 atom stereocenters. The SMILES string of the molecule is O=C(NCCC=Cc1cc(O)cc(F)c1)OCC1c2ccccc2-c2ccccc21. The van der Waals surface area contributed by atoms with Crippen molar-refractivity contribution in [1.29, 1.82) is 0 Å². The summed E-state index contributed by atoms with van der Waals surface area (Å²) in [5.74, 6) is -0.582. The quantitative estimate of drug-likeness (QED) is 0.536. The van der Waals surface area contributed by atoms with Crippen molar-refractivity contribution in [2.24, 2.45) is 0 Å². The first-order valence-electron chi connectivity index (χ1n) is 9.87. The lowest BCUT2D eigenvalue weighted by molar-refractivity contribution is 0.143. The summed E-state index contributed by atoms with van der Waals surface area (Å²) in [6.45, 7) is 0.673. The van der Waals surface area contributed by atoms with Gasteiger partial charge in [0.05, 0.1) is 0 Å². The van der Waals surface area contributed by atoms with Crippen LogP contribution in [0, 0.1) is 5.82 Å². The predicted molar refractivity (Wildman–Crippen MR) is 115 cm³/mol. The predicted octanol–water partition coefficient (Wildman–Crippen LogP) is 5.47. The Kier molecular flexibility index (Phi) is 5.80. The fourth-order valence-corrected chi connectivity index (χ4v) is 3.82. The summed E-state index contributed by atoms with van der Waals surface area (Å²) in [6, 6.07) is 20.2. The largest absolute Gasteiger partial charge is 0.508 e. The first kappa shape index (κ1) is 19.7. The Bertz CT molecular complexity index is 1030. The van der Waals surface area contributed by atoms with Gasteiger partial charge in [0.1, 0.15) is 18.2 Å². The monoisotopic (exact) mass is 403 g/mol. The van der Waals surface area contributed by atoms with E-state index < -0.39 is 11.9 Å². The van der Waals surface area contributed by atoms with Crippen LogP contribution in [-0.2, 0) is 4.74 Å².